The van der Waals surface area contributed by atoms with Gasteiger partial charge in [0, 0.05) is 0 Å². The van der Waals surface area contributed by atoms with E-state index in [4.69, 9.17) is 0 Å². The number of hydrogen-bond donors (Lipinski definition) is 1. The third-order valence-corrected chi connectivity index (χ3v) is 3.78. The van der Waals surface area contributed by atoms with Crippen molar-refractivity contribution in [3.63, 3.8) is 0 Å². The molecule has 0 aromatic heterocycles. The van der Waals surface area contributed by atoms with E-state index in [1.807, 2.05) is 30.3 Å². The molecule has 0 saturated heterocycles. The highest BCUT2D eigenvalue weighted by atomic mass is 16.4. The number of fused-ring (bicyclic) bond motifs is 3. The molecule has 0 amide bonds. The van der Waals surface area contributed by atoms with Crippen LogP contribution in [0.25, 0.3) is 33.0 Å². The van der Waals surface area contributed by atoms with E-state index in [2.05, 4.69) is 18.2 Å². The van der Waals surface area contributed by atoms with Gasteiger partial charge in [0.2, 0.25) is 0 Å². The molecule has 3 aromatic carbocycles. The molecule has 0 unspecified atom stereocenters. The van der Waals surface area contributed by atoms with E-state index in [1.54, 1.807) is 6.07 Å². The van der Waals surface area contributed by atoms with E-state index in [1.165, 1.54) is 11.1 Å². The van der Waals surface area contributed by atoms with Crippen LogP contribution < -0.4 is 0 Å². The molecule has 1 N–H and O–H groups in total. The molecule has 0 atom stereocenters. The number of carbonyl (C=O) groups is 1. The van der Waals surface area contributed by atoms with Gasteiger partial charge in [-0.1, -0.05) is 48.5 Å². The predicted molar refractivity (Wildman–Crippen MR) is 75.3 cm³/mol. The average molecular weight is 246 g/mol. The summed E-state index contributed by atoms with van der Waals surface area (Å²) in [5.41, 5.74) is 5.00. The van der Waals surface area contributed by atoms with Crippen molar-refractivity contribution in [1.82, 2.24) is 0 Å². The molecule has 0 fully saturated rings. The monoisotopic (exact) mass is 246 g/mol. The Labute approximate surface area is 109 Å². The molecule has 3 aromatic rings. The Hall–Kier alpha value is -2.61. The molecular formula is C17H10O2. The minimum atomic E-state index is -0.875. The van der Waals surface area contributed by atoms with Gasteiger partial charge in [-0.2, -0.15) is 0 Å². The summed E-state index contributed by atoms with van der Waals surface area (Å²) in [6.45, 7) is 0. The van der Waals surface area contributed by atoms with Crippen LogP contribution in [0.5, 0.6) is 0 Å². The normalized spacial score (nSPS) is 11.6. The summed E-state index contributed by atoms with van der Waals surface area (Å²) in [5.74, 6) is -0.875. The van der Waals surface area contributed by atoms with Gasteiger partial charge in [-0.3, -0.25) is 0 Å². The van der Waals surface area contributed by atoms with Gasteiger partial charge in [-0.15, -0.1) is 0 Å². The number of hydrogen-bond acceptors (Lipinski definition) is 1. The summed E-state index contributed by atoms with van der Waals surface area (Å²) < 4.78 is 0. The topological polar surface area (TPSA) is 37.3 Å². The third kappa shape index (κ3) is 1.23. The van der Waals surface area contributed by atoms with Crippen molar-refractivity contribution in [3.8, 4) is 22.3 Å². The average Bonchev–Trinajstić information content (AvgIpc) is 2.76. The first-order chi connectivity index (χ1) is 9.27. The van der Waals surface area contributed by atoms with Crippen molar-refractivity contribution < 1.29 is 9.90 Å². The van der Waals surface area contributed by atoms with Crippen molar-refractivity contribution in [1.29, 1.82) is 0 Å². The zero-order valence-electron chi connectivity index (χ0n) is 10.1. The molecule has 0 spiro atoms. The summed E-state index contributed by atoms with van der Waals surface area (Å²) in [6.07, 6.45) is 0. The molecule has 0 bridgehead atoms. The summed E-state index contributed by atoms with van der Waals surface area (Å²) in [7, 11) is 0. The standard InChI is InChI=1S/C17H10O2/c18-17(19)15-9-8-14-11-5-2-1-4-10(11)12-6-3-7-13(15)16(12)14/h1-9H,(H,18,19). The van der Waals surface area contributed by atoms with E-state index in [0.717, 1.165) is 21.9 Å². The quantitative estimate of drug-likeness (QED) is 0.547. The van der Waals surface area contributed by atoms with Gasteiger partial charge in [-0.25, -0.2) is 4.79 Å². The second-order valence-electron chi connectivity index (χ2n) is 4.74. The van der Waals surface area contributed by atoms with E-state index in [-0.39, 0.29) is 0 Å². The number of carboxylic acid groups (broad SMARTS) is 1. The van der Waals surface area contributed by atoms with Crippen molar-refractivity contribution in [2.24, 2.45) is 0 Å². The third-order valence-electron chi connectivity index (χ3n) is 3.78. The van der Waals surface area contributed by atoms with Gasteiger partial charge in [0.05, 0.1) is 5.56 Å². The molecule has 1 aliphatic rings. The molecule has 0 saturated carbocycles. The van der Waals surface area contributed by atoms with Crippen LogP contribution in [0.15, 0.2) is 54.6 Å². The molecule has 2 nitrogen and oxygen atoms in total. The molecule has 0 radical (unpaired) electrons. The highest BCUT2D eigenvalue weighted by molar-refractivity contribution is 6.19. The maximum Gasteiger partial charge on any atom is 0.336 e. The fraction of sp³-hybridized carbons (Fsp3) is 0. The molecule has 2 heteroatoms. The van der Waals surface area contributed by atoms with Crippen molar-refractivity contribution >= 4 is 16.7 Å². The summed E-state index contributed by atoms with van der Waals surface area (Å²) in [6, 6.07) is 17.7. The maximum absolute atomic E-state index is 11.3. The lowest BCUT2D eigenvalue weighted by molar-refractivity contribution is 0.0699. The van der Waals surface area contributed by atoms with Crippen LogP contribution in [0.1, 0.15) is 10.4 Å². The Morgan fingerprint density at radius 2 is 1.37 bits per heavy atom. The second-order valence-corrected chi connectivity index (χ2v) is 4.74. The summed E-state index contributed by atoms with van der Waals surface area (Å²) in [5, 5.41) is 11.2. The highest BCUT2D eigenvalue weighted by Gasteiger charge is 2.22. The highest BCUT2D eigenvalue weighted by Crippen LogP contribution is 2.47. The first-order valence-electron chi connectivity index (χ1n) is 6.16. The Morgan fingerprint density at radius 1 is 0.737 bits per heavy atom. The van der Waals surface area contributed by atoms with E-state index >= 15 is 0 Å². The fourth-order valence-corrected chi connectivity index (χ4v) is 2.99. The number of aromatic carboxylic acids is 1. The summed E-state index contributed by atoms with van der Waals surface area (Å²) >= 11 is 0. The second kappa shape index (κ2) is 3.45. The molecule has 4 rings (SSSR count). The van der Waals surface area contributed by atoms with E-state index < -0.39 is 5.97 Å². The van der Waals surface area contributed by atoms with Crippen molar-refractivity contribution in [3.05, 3.63) is 60.2 Å². The molecule has 1 aliphatic carbocycles. The van der Waals surface area contributed by atoms with Gasteiger partial charge in [0.25, 0.3) is 0 Å². The zero-order chi connectivity index (χ0) is 13.0. The molecular weight excluding hydrogens is 236 g/mol. The molecule has 90 valence electrons. The Kier molecular flexibility index (Phi) is 1.88. The van der Waals surface area contributed by atoms with Crippen LogP contribution in [-0.4, -0.2) is 11.1 Å². The van der Waals surface area contributed by atoms with Crippen molar-refractivity contribution in [2.45, 2.75) is 0 Å². The Bertz CT molecular complexity index is 818. The summed E-state index contributed by atoms with van der Waals surface area (Å²) in [4.78, 5) is 11.3. The largest absolute Gasteiger partial charge is 0.478 e. The lowest BCUT2D eigenvalue weighted by atomic mass is 9.99. The van der Waals surface area contributed by atoms with Crippen LogP contribution in [-0.2, 0) is 0 Å². The van der Waals surface area contributed by atoms with Crippen LogP contribution in [0, 0.1) is 0 Å². The SMILES string of the molecule is O=C(O)c1ccc2c3c(cccc13)-c1ccccc1-2. The predicted octanol–water partition coefficient (Wildman–Crippen LogP) is 4.19. The number of rotatable bonds is 1. The molecule has 0 heterocycles. The van der Waals surface area contributed by atoms with Crippen molar-refractivity contribution in [2.75, 3.05) is 0 Å². The number of carboxylic acids is 1. The smallest absolute Gasteiger partial charge is 0.336 e. The van der Waals surface area contributed by atoms with E-state index in [9.17, 15) is 9.90 Å². The van der Waals surface area contributed by atoms with Crippen LogP contribution >= 0.6 is 0 Å². The Morgan fingerprint density at radius 3 is 2.05 bits per heavy atom. The van der Waals surface area contributed by atoms with Gasteiger partial charge >= 0.3 is 5.97 Å². The van der Waals surface area contributed by atoms with Gasteiger partial charge in [0.15, 0.2) is 0 Å². The van der Waals surface area contributed by atoms with Gasteiger partial charge in [-0.05, 0) is 39.1 Å². The minimum Gasteiger partial charge on any atom is -0.478 e. The molecule has 19 heavy (non-hydrogen) atoms. The zero-order valence-corrected chi connectivity index (χ0v) is 10.1. The van der Waals surface area contributed by atoms with Crippen LogP contribution in [0.4, 0.5) is 0 Å². The maximum atomic E-state index is 11.3. The minimum absolute atomic E-state index is 0.369. The first kappa shape index (κ1) is 10.3. The molecule has 0 aliphatic heterocycles. The lowest BCUT2D eigenvalue weighted by Gasteiger charge is -2.05. The van der Waals surface area contributed by atoms with Crippen LogP contribution in [0.3, 0.4) is 0 Å². The number of benzene rings is 3. The van der Waals surface area contributed by atoms with Gasteiger partial charge in [0.1, 0.15) is 0 Å². The van der Waals surface area contributed by atoms with Gasteiger partial charge < -0.3 is 5.11 Å². The van der Waals surface area contributed by atoms with Crippen LogP contribution in [0.2, 0.25) is 0 Å². The van der Waals surface area contributed by atoms with E-state index in [0.29, 0.717) is 5.56 Å². The Balaban J connectivity index is 2.23. The lowest BCUT2D eigenvalue weighted by Crippen LogP contribution is -1.97. The first-order valence-corrected chi connectivity index (χ1v) is 6.16. The fourth-order valence-electron chi connectivity index (χ4n) is 2.99.